The Balaban J connectivity index is 1.62. The van der Waals surface area contributed by atoms with Gasteiger partial charge in [-0.05, 0) is 60.4 Å². The fraction of sp³-hybridized carbons (Fsp3) is 0.250. The standard InChI is InChI=1S/C28H28ClNO3/c1-4-32-27-16-21(11-14-26(27)33-18-20-9-12-22(29)13-10-20)15-24-23-7-5-6-8-25(23)30(28(24)31)17-19(2)3/h5-16,19H,4,17-18H2,1-3H3/b24-15-. The monoisotopic (exact) mass is 461 g/mol. The van der Waals surface area contributed by atoms with Crippen molar-refractivity contribution in [2.24, 2.45) is 5.92 Å². The minimum Gasteiger partial charge on any atom is -0.490 e. The van der Waals surface area contributed by atoms with Crippen LogP contribution in [-0.4, -0.2) is 19.1 Å². The fourth-order valence-corrected chi connectivity index (χ4v) is 4.03. The summed E-state index contributed by atoms with van der Waals surface area (Å²) in [6.45, 7) is 7.79. The second-order valence-electron chi connectivity index (χ2n) is 8.44. The molecular weight excluding hydrogens is 434 g/mol. The fourth-order valence-electron chi connectivity index (χ4n) is 3.90. The molecule has 1 amide bonds. The van der Waals surface area contributed by atoms with E-state index in [1.165, 1.54) is 0 Å². The number of para-hydroxylation sites is 1. The molecule has 5 heteroatoms. The van der Waals surface area contributed by atoms with Gasteiger partial charge in [-0.1, -0.05) is 61.8 Å². The molecule has 4 nitrogen and oxygen atoms in total. The molecule has 0 saturated carbocycles. The van der Waals surface area contributed by atoms with Gasteiger partial charge in [0, 0.05) is 22.7 Å². The molecule has 0 aromatic heterocycles. The van der Waals surface area contributed by atoms with Gasteiger partial charge in [0.1, 0.15) is 6.61 Å². The lowest BCUT2D eigenvalue weighted by molar-refractivity contribution is -0.113. The second-order valence-corrected chi connectivity index (χ2v) is 8.88. The van der Waals surface area contributed by atoms with E-state index in [2.05, 4.69) is 13.8 Å². The molecule has 0 saturated heterocycles. The van der Waals surface area contributed by atoms with Crippen LogP contribution in [0.4, 0.5) is 5.69 Å². The first-order valence-corrected chi connectivity index (χ1v) is 11.6. The Morgan fingerprint density at radius 1 is 0.970 bits per heavy atom. The minimum absolute atomic E-state index is 0.0333. The molecule has 0 fully saturated rings. The number of ether oxygens (including phenoxy) is 2. The lowest BCUT2D eigenvalue weighted by atomic mass is 10.0. The minimum atomic E-state index is 0.0333. The SMILES string of the molecule is CCOc1cc(/C=C2\C(=O)N(CC(C)C)c3ccccc32)ccc1OCc1ccc(Cl)cc1. The number of carbonyl (C=O) groups is 1. The number of rotatable bonds is 8. The van der Waals surface area contributed by atoms with E-state index in [-0.39, 0.29) is 5.91 Å². The number of carbonyl (C=O) groups excluding carboxylic acids is 1. The third-order valence-electron chi connectivity index (χ3n) is 5.39. The number of hydrogen-bond donors (Lipinski definition) is 0. The van der Waals surface area contributed by atoms with Crippen molar-refractivity contribution in [2.75, 3.05) is 18.1 Å². The molecule has 0 radical (unpaired) electrons. The summed E-state index contributed by atoms with van der Waals surface area (Å²) < 4.78 is 11.9. The van der Waals surface area contributed by atoms with Gasteiger partial charge in [-0.25, -0.2) is 0 Å². The van der Waals surface area contributed by atoms with Crippen molar-refractivity contribution in [1.29, 1.82) is 0 Å². The zero-order valence-corrected chi connectivity index (χ0v) is 19.9. The highest BCUT2D eigenvalue weighted by Crippen LogP contribution is 2.39. The van der Waals surface area contributed by atoms with E-state index in [1.54, 1.807) is 0 Å². The first-order chi connectivity index (χ1) is 16.0. The molecule has 170 valence electrons. The van der Waals surface area contributed by atoms with E-state index >= 15 is 0 Å². The molecule has 4 rings (SSSR count). The molecular formula is C28H28ClNO3. The molecule has 1 aliphatic heterocycles. The number of fused-ring (bicyclic) bond motifs is 1. The van der Waals surface area contributed by atoms with Crippen molar-refractivity contribution >= 4 is 34.8 Å². The zero-order chi connectivity index (χ0) is 23.4. The van der Waals surface area contributed by atoms with Crippen LogP contribution < -0.4 is 14.4 Å². The van der Waals surface area contributed by atoms with Gasteiger partial charge < -0.3 is 14.4 Å². The molecule has 0 aliphatic carbocycles. The highest BCUT2D eigenvalue weighted by atomic mass is 35.5. The van der Waals surface area contributed by atoms with Gasteiger partial charge in [-0.3, -0.25) is 4.79 Å². The lowest BCUT2D eigenvalue weighted by Gasteiger charge is -2.19. The maximum atomic E-state index is 13.3. The van der Waals surface area contributed by atoms with Crippen LogP contribution in [0.3, 0.4) is 0 Å². The Morgan fingerprint density at radius 2 is 1.73 bits per heavy atom. The Bertz CT molecular complexity index is 1170. The first kappa shape index (κ1) is 22.9. The maximum absolute atomic E-state index is 13.3. The normalized spacial score (nSPS) is 14.2. The number of benzene rings is 3. The molecule has 3 aromatic carbocycles. The second kappa shape index (κ2) is 10.1. The van der Waals surface area contributed by atoms with E-state index < -0.39 is 0 Å². The van der Waals surface area contributed by atoms with Crippen LogP contribution in [0.25, 0.3) is 11.6 Å². The number of anilines is 1. The number of hydrogen-bond acceptors (Lipinski definition) is 3. The molecule has 0 unspecified atom stereocenters. The van der Waals surface area contributed by atoms with Gasteiger partial charge >= 0.3 is 0 Å². The Morgan fingerprint density at radius 3 is 2.45 bits per heavy atom. The van der Waals surface area contributed by atoms with Crippen LogP contribution in [0.5, 0.6) is 11.5 Å². The molecule has 1 heterocycles. The van der Waals surface area contributed by atoms with Crippen LogP contribution in [-0.2, 0) is 11.4 Å². The quantitative estimate of drug-likeness (QED) is 0.344. The Kier molecular flexibility index (Phi) is 7.05. The predicted octanol–water partition coefficient (Wildman–Crippen LogP) is 6.86. The molecule has 0 atom stereocenters. The van der Waals surface area contributed by atoms with Crippen LogP contribution in [0.1, 0.15) is 37.5 Å². The summed E-state index contributed by atoms with van der Waals surface area (Å²) in [4.78, 5) is 15.1. The average Bonchev–Trinajstić information content (AvgIpc) is 3.05. The van der Waals surface area contributed by atoms with Gasteiger partial charge in [-0.15, -0.1) is 0 Å². The van der Waals surface area contributed by atoms with Gasteiger partial charge in [0.2, 0.25) is 0 Å². The van der Waals surface area contributed by atoms with Crippen molar-refractivity contribution in [3.63, 3.8) is 0 Å². The van der Waals surface area contributed by atoms with Crippen molar-refractivity contribution in [3.8, 4) is 11.5 Å². The van der Waals surface area contributed by atoms with E-state index in [0.29, 0.717) is 47.8 Å². The van der Waals surface area contributed by atoms with Crippen molar-refractivity contribution < 1.29 is 14.3 Å². The molecule has 3 aromatic rings. The number of amides is 1. The summed E-state index contributed by atoms with van der Waals surface area (Å²) in [5.41, 5.74) is 4.54. The lowest BCUT2D eigenvalue weighted by Crippen LogP contribution is -2.30. The first-order valence-electron chi connectivity index (χ1n) is 11.2. The topological polar surface area (TPSA) is 38.8 Å². The zero-order valence-electron chi connectivity index (χ0n) is 19.2. The average molecular weight is 462 g/mol. The van der Waals surface area contributed by atoms with Crippen molar-refractivity contribution in [2.45, 2.75) is 27.4 Å². The summed E-state index contributed by atoms with van der Waals surface area (Å²) in [6.07, 6.45) is 1.94. The van der Waals surface area contributed by atoms with Gasteiger partial charge in [0.25, 0.3) is 5.91 Å². The van der Waals surface area contributed by atoms with E-state index in [9.17, 15) is 4.79 Å². The van der Waals surface area contributed by atoms with E-state index in [0.717, 1.165) is 22.4 Å². The highest BCUT2D eigenvalue weighted by molar-refractivity contribution is 6.35. The van der Waals surface area contributed by atoms with E-state index in [4.69, 9.17) is 21.1 Å². The Hall–Kier alpha value is -3.24. The number of nitrogens with zero attached hydrogens (tertiary/aromatic N) is 1. The predicted molar refractivity (Wildman–Crippen MR) is 135 cm³/mol. The summed E-state index contributed by atoms with van der Waals surface area (Å²) in [6, 6.07) is 21.3. The number of halogens is 1. The third-order valence-corrected chi connectivity index (χ3v) is 5.65. The smallest absolute Gasteiger partial charge is 0.259 e. The Labute approximate surface area is 200 Å². The van der Waals surface area contributed by atoms with Crippen molar-refractivity contribution in [1.82, 2.24) is 0 Å². The summed E-state index contributed by atoms with van der Waals surface area (Å²) in [5, 5.41) is 0.695. The van der Waals surface area contributed by atoms with E-state index in [1.807, 2.05) is 84.6 Å². The largest absolute Gasteiger partial charge is 0.490 e. The molecule has 0 N–H and O–H groups in total. The highest BCUT2D eigenvalue weighted by Gasteiger charge is 2.32. The molecule has 0 bridgehead atoms. The van der Waals surface area contributed by atoms with Crippen molar-refractivity contribution in [3.05, 3.63) is 88.4 Å². The maximum Gasteiger partial charge on any atom is 0.259 e. The van der Waals surface area contributed by atoms with Crippen LogP contribution in [0.15, 0.2) is 66.7 Å². The van der Waals surface area contributed by atoms with Gasteiger partial charge in [0.15, 0.2) is 11.5 Å². The van der Waals surface area contributed by atoms with Gasteiger partial charge in [-0.2, -0.15) is 0 Å². The van der Waals surface area contributed by atoms with Gasteiger partial charge in [0.05, 0.1) is 12.3 Å². The summed E-state index contributed by atoms with van der Waals surface area (Å²) in [5.74, 6) is 1.72. The molecule has 0 spiro atoms. The molecule has 1 aliphatic rings. The molecule has 33 heavy (non-hydrogen) atoms. The summed E-state index contributed by atoms with van der Waals surface area (Å²) >= 11 is 5.96. The van der Waals surface area contributed by atoms with Crippen LogP contribution >= 0.6 is 11.6 Å². The summed E-state index contributed by atoms with van der Waals surface area (Å²) in [7, 11) is 0. The van der Waals surface area contributed by atoms with Crippen LogP contribution in [0, 0.1) is 5.92 Å². The third kappa shape index (κ3) is 5.23. The van der Waals surface area contributed by atoms with Crippen LogP contribution in [0.2, 0.25) is 5.02 Å².